The van der Waals surface area contributed by atoms with Gasteiger partial charge in [-0.1, -0.05) is 17.7 Å². The summed E-state index contributed by atoms with van der Waals surface area (Å²) in [5.74, 6) is -3.09. The molecule has 0 fully saturated rings. The van der Waals surface area contributed by atoms with Gasteiger partial charge in [0.2, 0.25) is 0 Å². The van der Waals surface area contributed by atoms with Crippen LogP contribution in [-0.2, 0) is 5.41 Å². The highest BCUT2D eigenvalue weighted by molar-refractivity contribution is 6.31. The van der Waals surface area contributed by atoms with Gasteiger partial charge in [0, 0.05) is 29.3 Å². The molecule has 0 radical (unpaired) electrons. The van der Waals surface area contributed by atoms with Crippen molar-refractivity contribution in [2.45, 2.75) is 12.3 Å². The van der Waals surface area contributed by atoms with Crippen LogP contribution in [0.1, 0.15) is 28.4 Å². The van der Waals surface area contributed by atoms with Gasteiger partial charge in [-0.15, -0.1) is 0 Å². The standard InChI is InChI=1S/C15H10ClF3N2O/c1-15(8-2-3-9(17)12(16)13(8)19)6-21-14(22)7-4-20-5-10(18)11(7)15/h2-5H,6H2,1H3,(H,21,22). The normalized spacial score (nSPS) is 20.5. The summed E-state index contributed by atoms with van der Waals surface area (Å²) in [5, 5.41) is 1.91. The van der Waals surface area contributed by atoms with Crippen molar-refractivity contribution in [2.24, 2.45) is 0 Å². The van der Waals surface area contributed by atoms with E-state index in [1.54, 1.807) is 6.92 Å². The minimum absolute atomic E-state index is 0.00486. The van der Waals surface area contributed by atoms with Crippen molar-refractivity contribution >= 4 is 17.5 Å². The Morgan fingerprint density at radius 1 is 1.23 bits per heavy atom. The van der Waals surface area contributed by atoms with Crippen LogP contribution in [0, 0.1) is 17.5 Å². The van der Waals surface area contributed by atoms with Crippen LogP contribution in [0.2, 0.25) is 5.02 Å². The van der Waals surface area contributed by atoms with E-state index >= 15 is 0 Å². The Kier molecular flexibility index (Phi) is 3.36. The summed E-state index contributed by atoms with van der Waals surface area (Å²) in [6.07, 6.45) is 2.17. The molecule has 0 saturated carbocycles. The summed E-state index contributed by atoms with van der Waals surface area (Å²) >= 11 is 5.62. The lowest BCUT2D eigenvalue weighted by molar-refractivity contribution is 0.0930. The van der Waals surface area contributed by atoms with Crippen molar-refractivity contribution in [1.82, 2.24) is 10.3 Å². The van der Waals surface area contributed by atoms with Gasteiger partial charge < -0.3 is 5.32 Å². The average Bonchev–Trinajstić information content (AvgIpc) is 2.49. The maximum atomic E-state index is 14.4. The Morgan fingerprint density at radius 2 is 1.95 bits per heavy atom. The van der Waals surface area contributed by atoms with E-state index in [1.807, 2.05) is 0 Å². The van der Waals surface area contributed by atoms with Crippen LogP contribution in [0.15, 0.2) is 24.5 Å². The Morgan fingerprint density at radius 3 is 2.68 bits per heavy atom. The van der Waals surface area contributed by atoms with Gasteiger partial charge in [0.25, 0.3) is 5.91 Å². The van der Waals surface area contributed by atoms with Crippen molar-refractivity contribution in [3.05, 3.63) is 63.7 Å². The van der Waals surface area contributed by atoms with Crippen LogP contribution in [0.5, 0.6) is 0 Å². The maximum absolute atomic E-state index is 14.4. The lowest BCUT2D eigenvalue weighted by atomic mass is 9.72. The Labute approximate surface area is 129 Å². The molecular formula is C15H10ClF3N2O. The van der Waals surface area contributed by atoms with Crippen LogP contribution in [0.25, 0.3) is 0 Å². The molecular weight excluding hydrogens is 317 g/mol. The first-order chi connectivity index (χ1) is 10.4. The molecule has 3 rings (SSSR count). The monoisotopic (exact) mass is 326 g/mol. The van der Waals surface area contributed by atoms with E-state index in [4.69, 9.17) is 11.6 Å². The molecule has 114 valence electrons. The number of hydrogen-bond acceptors (Lipinski definition) is 2. The molecule has 1 amide bonds. The molecule has 1 aromatic carbocycles. The molecule has 3 nitrogen and oxygen atoms in total. The van der Waals surface area contributed by atoms with Gasteiger partial charge in [-0.3, -0.25) is 9.78 Å². The smallest absolute Gasteiger partial charge is 0.253 e. The highest BCUT2D eigenvalue weighted by Crippen LogP contribution is 2.40. The van der Waals surface area contributed by atoms with E-state index < -0.39 is 33.8 Å². The van der Waals surface area contributed by atoms with Gasteiger partial charge in [0.15, 0.2) is 0 Å². The summed E-state index contributed by atoms with van der Waals surface area (Å²) < 4.78 is 42.0. The molecule has 0 bridgehead atoms. The molecule has 1 aliphatic heterocycles. The molecule has 0 saturated heterocycles. The summed E-state index contributed by atoms with van der Waals surface area (Å²) in [4.78, 5) is 15.5. The van der Waals surface area contributed by atoms with Crippen molar-refractivity contribution in [3.63, 3.8) is 0 Å². The molecule has 7 heteroatoms. The number of rotatable bonds is 1. The third kappa shape index (κ3) is 1.98. The Hall–Kier alpha value is -2.08. The predicted octanol–water partition coefficient (Wildman–Crippen LogP) is 3.20. The van der Waals surface area contributed by atoms with Crippen molar-refractivity contribution in [1.29, 1.82) is 0 Å². The first-order valence-electron chi connectivity index (χ1n) is 6.42. The van der Waals surface area contributed by atoms with Gasteiger partial charge in [-0.25, -0.2) is 13.2 Å². The zero-order valence-corrected chi connectivity index (χ0v) is 12.1. The molecule has 0 spiro atoms. The van der Waals surface area contributed by atoms with E-state index in [-0.39, 0.29) is 23.2 Å². The maximum Gasteiger partial charge on any atom is 0.253 e. The van der Waals surface area contributed by atoms with Crippen LogP contribution in [0.3, 0.4) is 0 Å². The third-order valence-corrected chi connectivity index (χ3v) is 4.27. The Bertz CT molecular complexity index is 797. The third-order valence-electron chi connectivity index (χ3n) is 3.93. The molecule has 1 aliphatic rings. The Balaban J connectivity index is 2.31. The number of pyridine rings is 1. The highest BCUT2D eigenvalue weighted by Gasteiger charge is 2.42. The predicted molar refractivity (Wildman–Crippen MR) is 74.4 cm³/mol. The van der Waals surface area contributed by atoms with Gasteiger partial charge >= 0.3 is 0 Å². The molecule has 1 N–H and O–H groups in total. The number of hydrogen-bond donors (Lipinski definition) is 1. The van der Waals surface area contributed by atoms with Crippen LogP contribution < -0.4 is 5.32 Å². The number of carbonyl (C=O) groups excluding carboxylic acids is 1. The number of nitrogens with one attached hydrogen (secondary N) is 1. The highest BCUT2D eigenvalue weighted by atomic mass is 35.5. The molecule has 1 aromatic heterocycles. The molecule has 1 atom stereocenters. The summed E-state index contributed by atoms with van der Waals surface area (Å²) in [7, 11) is 0. The van der Waals surface area contributed by atoms with Crippen LogP contribution in [0.4, 0.5) is 13.2 Å². The number of aromatic nitrogens is 1. The van der Waals surface area contributed by atoms with E-state index in [9.17, 15) is 18.0 Å². The largest absolute Gasteiger partial charge is 0.351 e. The van der Waals surface area contributed by atoms with Gasteiger partial charge in [-0.05, 0) is 13.0 Å². The number of halogens is 4. The first kappa shape index (κ1) is 14.8. The summed E-state index contributed by atoms with van der Waals surface area (Å²) in [6, 6.07) is 2.22. The topological polar surface area (TPSA) is 42.0 Å². The second-order valence-corrected chi connectivity index (χ2v) is 5.66. The minimum Gasteiger partial charge on any atom is -0.351 e. The second-order valence-electron chi connectivity index (χ2n) is 5.28. The SMILES string of the molecule is CC1(c2ccc(F)c(Cl)c2F)CNC(=O)c2cncc(F)c21. The lowest BCUT2D eigenvalue weighted by Gasteiger charge is -2.36. The summed E-state index contributed by atoms with van der Waals surface area (Å²) in [6.45, 7) is 1.51. The van der Waals surface area contributed by atoms with Crippen LogP contribution in [-0.4, -0.2) is 17.4 Å². The zero-order valence-electron chi connectivity index (χ0n) is 11.4. The molecule has 0 aliphatic carbocycles. The quantitative estimate of drug-likeness (QED) is 0.818. The fourth-order valence-corrected chi connectivity index (χ4v) is 2.96. The lowest BCUT2D eigenvalue weighted by Crippen LogP contribution is -2.47. The van der Waals surface area contributed by atoms with Crippen molar-refractivity contribution in [3.8, 4) is 0 Å². The van der Waals surface area contributed by atoms with E-state index in [0.717, 1.165) is 12.3 Å². The number of fused-ring (bicyclic) bond motifs is 1. The van der Waals surface area contributed by atoms with Gasteiger partial charge in [0.1, 0.15) is 22.5 Å². The molecule has 2 heterocycles. The summed E-state index contributed by atoms with van der Waals surface area (Å²) in [5.41, 5.74) is -1.18. The minimum atomic E-state index is -1.22. The first-order valence-corrected chi connectivity index (χ1v) is 6.80. The fraction of sp³-hybridized carbons (Fsp3) is 0.200. The number of benzene rings is 1. The van der Waals surface area contributed by atoms with E-state index in [0.29, 0.717) is 0 Å². The zero-order chi connectivity index (χ0) is 16.1. The van der Waals surface area contributed by atoms with Crippen LogP contribution >= 0.6 is 11.6 Å². The molecule has 2 aromatic rings. The molecule has 22 heavy (non-hydrogen) atoms. The van der Waals surface area contributed by atoms with E-state index in [2.05, 4.69) is 10.3 Å². The average molecular weight is 327 g/mol. The molecule has 1 unspecified atom stereocenters. The van der Waals surface area contributed by atoms with E-state index in [1.165, 1.54) is 12.3 Å². The number of carbonyl (C=O) groups is 1. The van der Waals surface area contributed by atoms with Gasteiger partial charge in [0.05, 0.1) is 11.8 Å². The van der Waals surface area contributed by atoms with Crippen molar-refractivity contribution in [2.75, 3.05) is 6.54 Å². The number of nitrogens with zero attached hydrogens (tertiary/aromatic N) is 1. The second kappa shape index (κ2) is 4.98. The number of amides is 1. The fourth-order valence-electron chi connectivity index (χ4n) is 2.79. The van der Waals surface area contributed by atoms with Gasteiger partial charge in [-0.2, -0.15) is 0 Å². The van der Waals surface area contributed by atoms with Crippen molar-refractivity contribution < 1.29 is 18.0 Å².